The fourth-order valence-corrected chi connectivity index (χ4v) is 8.48. The Morgan fingerprint density at radius 1 is 0.414 bits per heavy atom. The van der Waals surface area contributed by atoms with E-state index in [0.717, 1.165) is 32.1 Å². The van der Waals surface area contributed by atoms with E-state index in [9.17, 15) is 20.1 Å². The molecule has 0 spiro atoms. The minimum atomic E-state index is -1.09. The van der Waals surface area contributed by atoms with E-state index in [4.69, 9.17) is 0 Å². The fourth-order valence-electron chi connectivity index (χ4n) is 8.48. The minimum absolute atomic E-state index is 0.358. The normalized spacial score (nSPS) is 13.4. The number of carbonyl (C=O) groups excluding carboxylic acids is 1. The van der Waals surface area contributed by atoms with Crippen LogP contribution in [-0.4, -0.2) is 46.1 Å². The Morgan fingerprint density at radius 3 is 0.948 bits per heavy atom. The van der Waals surface area contributed by atoms with Crippen molar-refractivity contribution in [2.45, 2.75) is 315 Å². The number of aliphatic hydroxyl groups excluding tert-OH is 3. The Bertz CT molecular complexity index is 818. The molecule has 5 nitrogen and oxygen atoms in total. The average molecular weight is 820 g/mol. The maximum Gasteiger partial charge on any atom is 0.249 e. The van der Waals surface area contributed by atoms with Crippen molar-refractivity contribution in [3.05, 3.63) is 12.2 Å². The number of carbonyl (C=O) groups is 1. The summed E-state index contributed by atoms with van der Waals surface area (Å²) in [6.45, 7) is 4.22. The lowest BCUT2D eigenvalue weighted by molar-refractivity contribution is -0.131. The third-order valence-electron chi connectivity index (χ3n) is 12.6. The summed E-state index contributed by atoms with van der Waals surface area (Å²) in [5.74, 6) is -0.496. The molecule has 0 aliphatic rings. The van der Waals surface area contributed by atoms with Gasteiger partial charge in [-0.3, -0.25) is 4.79 Å². The smallest absolute Gasteiger partial charge is 0.249 e. The minimum Gasteiger partial charge on any atom is -0.394 e. The first-order valence-electron chi connectivity index (χ1n) is 26.5. The SMILES string of the molecule is CCCCCCCCCCCCCCCCCCCCCCC/C=C/C(O)C(CO)NC(=O)C(O)CCCCCCCCCCCCCCCCCCCCCCC. The van der Waals surface area contributed by atoms with Crippen LogP contribution in [0.2, 0.25) is 0 Å². The molecule has 1 amide bonds. The number of allylic oxidation sites excluding steroid dienone is 1. The first-order valence-corrected chi connectivity index (χ1v) is 26.5. The Morgan fingerprint density at radius 2 is 0.672 bits per heavy atom. The highest BCUT2D eigenvalue weighted by Crippen LogP contribution is 2.18. The lowest BCUT2D eigenvalue weighted by atomic mass is 10.0. The molecule has 0 aromatic heterocycles. The number of rotatable bonds is 49. The van der Waals surface area contributed by atoms with E-state index in [1.54, 1.807) is 6.08 Å². The van der Waals surface area contributed by atoms with E-state index in [2.05, 4.69) is 19.2 Å². The molecule has 0 saturated carbocycles. The molecule has 0 saturated heterocycles. The molecule has 3 atom stereocenters. The van der Waals surface area contributed by atoms with Gasteiger partial charge < -0.3 is 20.6 Å². The van der Waals surface area contributed by atoms with E-state index in [-0.39, 0.29) is 6.61 Å². The summed E-state index contributed by atoms with van der Waals surface area (Å²) >= 11 is 0. The van der Waals surface area contributed by atoms with Gasteiger partial charge in [0.25, 0.3) is 0 Å². The van der Waals surface area contributed by atoms with Crippen LogP contribution in [0.5, 0.6) is 0 Å². The van der Waals surface area contributed by atoms with Gasteiger partial charge in [-0.1, -0.05) is 289 Å². The molecule has 5 heteroatoms. The maximum atomic E-state index is 12.5. The van der Waals surface area contributed by atoms with E-state index >= 15 is 0 Å². The van der Waals surface area contributed by atoms with Crippen LogP contribution in [0, 0.1) is 0 Å². The van der Waals surface area contributed by atoms with Crippen LogP contribution in [0.3, 0.4) is 0 Å². The summed E-state index contributed by atoms with van der Waals surface area (Å²) in [6.07, 6.45) is 59.9. The van der Waals surface area contributed by atoms with Crippen LogP contribution in [0.1, 0.15) is 296 Å². The van der Waals surface area contributed by atoms with Gasteiger partial charge in [0.05, 0.1) is 18.8 Å². The van der Waals surface area contributed by atoms with Crippen molar-refractivity contribution in [3.8, 4) is 0 Å². The first-order chi connectivity index (χ1) is 28.6. The molecule has 0 bridgehead atoms. The molecule has 346 valence electrons. The maximum absolute atomic E-state index is 12.5. The number of hydrogen-bond acceptors (Lipinski definition) is 4. The van der Waals surface area contributed by atoms with Gasteiger partial charge in [0, 0.05) is 0 Å². The predicted octanol–water partition coefficient (Wildman–Crippen LogP) is 15.9. The highest BCUT2D eigenvalue weighted by Gasteiger charge is 2.22. The van der Waals surface area contributed by atoms with E-state index in [1.807, 2.05) is 6.08 Å². The third-order valence-corrected chi connectivity index (χ3v) is 12.6. The number of aliphatic hydroxyl groups is 3. The van der Waals surface area contributed by atoms with Crippen LogP contribution >= 0.6 is 0 Å². The van der Waals surface area contributed by atoms with Gasteiger partial charge in [-0.05, 0) is 19.3 Å². The number of unbranched alkanes of at least 4 members (excludes halogenated alkanes) is 41. The van der Waals surface area contributed by atoms with Crippen molar-refractivity contribution in [1.82, 2.24) is 5.32 Å². The van der Waals surface area contributed by atoms with Gasteiger partial charge >= 0.3 is 0 Å². The summed E-state index contributed by atoms with van der Waals surface area (Å²) < 4.78 is 0. The molecule has 0 fully saturated rings. The summed E-state index contributed by atoms with van der Waals surface area (Å²) in [5.41, 5.74) is 0. The van der Waals surface area contributed by atoms with Gasteiger partial charge in [-0.2, -0.15) is 0 Å². The topological polar surface area (TPSA) is 89.8 Å². The van der Waals surface area contributed by atoms with Crippen LogP contribution in [0.25, 0.3) is 0 Å². The first kappa shape index (κ1) is 57.1. The van der Waals surface area contributed by atoms with E-state index in [1.165, 1.54) is 244 Å². The van der Waals surface area contributed by atoms with Crippen LogP contribution in [-0.2, 0) is 4.79 Å². The lowest BCUT2D eigenvalue weighted by Gasteiger charge is -2.21. The van der Waals surface area contributed by atoms with Crippen LogP contribution in [0.4, 0.5) is 0 Å². The summed E-state index contributed by atoms with van der Waals surface area (Å²) in [4.78, 5) is 12.5. The summed E-state index contributed by atoms with van der Waals surface area (Å²) in [6, 6.07) is -0.794. The second kappa shape index (κ2) is 48.8. The Labute approximate surface area is 363 Å². The van der Waals surface area contributed by atoms with Gasteiger partial charge in [0.2, 0.25) is 5.91 Å². The molecule has 0 heterocycles. The molecular formula is C53H105NO4. The standard InChI is InChI=1S/C53H105NO4/c1-3-5-7-9-11-13-15-17-19-21-23-25-26-28-29-31-33-35-37-39-41-43-45-47-51(56)50(49-55)54-53(58)52(57)48-46-44-42-40-38-36-34-32-30-27-24-22-20-18-16-14-12-10-8-6-4-2/h45,47,50-52,55-57H,3-44,46,48-49H2,1-2H3,(H,54,58)/b47-45+. The lowest BCUT2D eigenvalue weighted by Crippen LogP contribution is -2.48. The van der Waals surface area contributed by atoms with Crippen molar-refractivity contribution < 1.29 is 20.1 Å². The molecule has 0 radical (unpaired) electrons. The predicted molar refractivity (Wildman–Crippen MR) is 255 cm³/mol. The van der Waals surface area contributed by atoms with Gasteiger partial charge in [0.15, 0.2) is 0 Å². The van der Waals surface area contributed by atoms with Crippen molar-refractivity contribution in [2.24, 2.45) is 0 Å². The second-order valence-corrected chi connectivity index (χ2v) is 18.5. The largest absolute Gasteiger partial charge is 0.394 e. The van der Waals surface area contributed by atoms with Crippen molar-refractivity contribution >= 4 is 5.91 Å². The summed E-state index contributed by atoms with van der Waals surface area (Å²) in [7, 11) is 0. The molecule has 3 unspecified atom stereocenters. The molecule has 0 aromatic rings. The quantitative estimate of drug-likeness (QED) is 0.0364. The number of nitrogens with one attached hydrogen (secondary N) is 1. The zero-order chi connectivity index (χ0) is 42.3. The van der Waals surface area contributed by atoms with E-state index in [0.29, 0.717) is 6.42 Å². The van der Waals surface area contributed by atoms with Gasteiger partial charge in [-0.15, -0.1) is 0 Å². The molecule has 0 aromatic carbocycles. The Hall–Kier alpha value is -0.910. The highest BCUT2D eigenvalue weighted by molar-refractivity contribution is 5.80. The van der Waals surface area contributed by atoms with Crippen molar-refractivity contribution in [3.63, 3.8) is 0 Å². The third kappa shape index (κ3) is 43.2. The molecule has 4 N–H and O–H groups in total. The zero-order valence-corrected chi connectivity index (χ0v) is 39.5. The molecule has 0 rings (SSSR count). The Balaban J connectivity index is 3.57. The van der Waals surface area contributed by atoms with Crippen molar-refractivity contribution in [2.75, 3.05) is 6.61 Å². The Kier molecular flexibility index (Phi) is 48.0. The molecule has 0 aliphatic carbocycles. The van der Waals surface area contributed by atoms with Crippen LogP contribution in [0.15, 0.2) is 12.2 Å². The molecule has 58 heavy (non-hydrogen) atoms. The summed E-state index contributed by atoms with van der Waals surface area (Å²) in [5, 5.41) is 33.3. The van der Waals surface area contributed by atoms with E-state index < -0.39 is 24.2 Å². The molecular weight excluding hydrogens is 715 g/mol. The van der Waals surface area contributed by atoms with Gasteiger partial charge in [-0.25, -0.2) is 0 Å². The number of hydrogen-bond donors (Lipinski definition) is 4. The van der Waals surface area contributed by atoms with Crippen LogP contribution < -0.4 is 5.32 Å². The second-order valence-electron chi connectivity index (χ2n) is 18.5. The monoisotopic (exact) mass is 820 g/mol. The highest BCUT2D eigenvalue weighted by atomic mass is 16.3. The van der Waals surface area contributed by atoms with Crippen molar-refractivity contribution in [1.29, 1.82) is 0 Å². The number of amides is 1. The average Bonchev–Trinajstić information content (AvgIpc) is 3.23. The van der Waals surface area contributed by atoms with Gasteiger partial charge in [0.1, 0.15) is 6.10 Å². The fraction of sp³-hybridized carbons (Fsp3) is 0.943. The zero-order valence-electron chi connectivity index (χ0n) is 39.5. The molecule has 0 aliphatic heterocycles.